The number of aryl methyl sites for hydroxylation is 1. The first-order valence-electron chi connectivity index (χ1n) is 9.07. The molecule has 1 aliphatic rings. The third-order valence-corrected chi connectivity index (χ3v) is 5.56. The minimum Gasteiger partial charge on any atom is -0.332 e. The van der Waals surface area contributed by atoms with Gasteiger partial charge >= 0.3 is 6.03 Å². The Balaban J connectivity index is 1.46. The van der Waals surface area contributed by atoms with Crippen LogP contribution in [0.3, 0.4) is 0 Å². The van der Waals surface area contributed by atoms with Crippen LogP contribution in [-0.2, 0) is 19.5 Å². The number of nitrogens with one attached hydrogen (secondary N) is 1. The summed E-state index contributed by atoms with van der Waals surface area (Å²) in [6.45, 7) is 6.55. The molecular formula is C19H25FN4OS. The summed E-state index contributed by atoms with van der Waals surface area (Å²) in [5.74, 6) is -0.210. The van der Waals surface area contributed by atoms with E-state index in [9.17, 15) is 9.18 Å². The molecule has 0 saturated carbocycles. The molecule has 1 N–H and O–H groups in total. The smallest absolute Gasteiger partial charge is 0.317 e. The van der Waals surface area contributed by atoms with E-state index in [-0.39, 0.29) is 11.8 Å². The molecule has 0 bridgehead atoms. The fourth-order valence-corrected chi connectivity index (χ4v) is 3.80. The molecule has 1 aromatic carbocycles. The van der Waals surface area contributed by atoms with Crippen LogP contribution in [0.15, 0.2) is 29.6 Å². The van der Waals surface area contributed by atoms with E-state index < -0.39 is 0 Å². The second-order valence-electron chi connectivity index (χ2n) is 6.49. The van der Waals surface area contributed by atoms with Gasteiger partial charge in [0.25, 0.3) is 0 Å². The summed E-state index contributed by atoms with van der Waals surface area (Å²) in [7, 11) is 0. The molecule has 3 rings (SSSR count). The van der Waals surface area contributed by atoms with Gasteiger partial charge < -0.3 is 10.2 Å². The molecule has 7 heteroatoms. The second-order valence-corrected chi connectivity index (χ2v) is 7.43. The highest BCUT2D eigenvalue weighted by atomic mass is 32.1. The number of hydrogen-bond acceptors (Lipinski definition) is 4. The van der Waals surface area contributed by atoms with Crippen LogP contribution in [-0.4, -0.2) is 47.0 Å². The standard InChI is InChI=1S/C19H25FN4OS/c1-2-18-22-17(14-26-18)12-21-19(25)24-9-3-8-23(10-11-24)13-15-4-6-16(20)7-5-15/h4-7,14H,2-3,8-13H2,1H3,(H,21,25). The van der Waals surface area contributed by atoms with Crippen molar-refractivity contribution in [2.75, 3.05) is 26.2 Å². The van der Waals surface area contributed by atoms with Crippen LogP contribution >= 0.6 is 11.3 Å². The van der Waals surface area contributed by atoms with E-state index in [4.69, 9.17) is 0 Å². The van der Waals surface area contributed by atoms with Crippen LogP contribution in [0.1, 0.15) is 29.6 Å². The maximum atomic E-state index is 13.0. The Kier molecular flexibility index (Phi) is 6.57. The number of amides is 2. The van der Waals surface area contributed by atoms with Crippen molar-refractivity contribution in [3.63, 3.8) is 0 Å². The van der Waals surface area contributed by atoms with Gasteiger partial charge in [0.2, 0.25) is 0 Å². The average Bonchev–Trinajstić information content (AvgIpc) is 2.99. The average molecular weight is 377 g/mol. The number of carbonyl (C=O) groups is 1. The molecule has 1 saturated heterocycles. The van der Waals surface area contributed by atoms with Gasteiger partial charge in [-0.05, 0) is 30.5 Å². The van der Waals surface area contributed by atoms with Gasteiger partial charge in [-0.15, -0.1) is 11.3 Å². The van der Waals surface area contributed by atoms with Crippen LogP contribution in [0.5, 0.6) is 0 Å². The zero-order valence-corrected chi connectivity index (χ0v) is 15.9. The molecule has 0 atom stereocenters. The van der Waals surface area contributed by atoms with Gasteiger partial charge in [0.15, 0.2) is 0 Å². The molecule has 0 spiro atoms. The number of rotatable bonds is 5. The van der Waals surface area contributed by atoms with Crippen LogP contribution in [0.4, 0.5) is 9.18 Å². The first-order chi connectivity index (χ1) is 12.6. The second kappa shape index (κ2) is 9.09. The van der Waals surface area contributed by atoms with Gasteiger partial charge in [0, 0.05) is 38.1 Å². The first-order valence-corrected chi connectivity index (χ1v) is 9.95. The Morgan fingerprint density at radius 1 is 1.23 bits per heavy atom. The van der Waals surface area contributed by atoms with E-state index >= 15 is 0 Å². The number of urea groups is 1. The third kappa shape index (κ3) is 5.25. The fourth-order valence-electron chi connectivity index (χ4n) is 3.05. The molecule has 2 heterocycles. The van der Waals surface area contributed by atoms with Gasteiger partial charge in [-0.25, -0.2) is 14.2 Å². The number of benzene rings is 1. The lowest BCUT2D eigenvalue weighted by Crippen LogP contribution is -2.41. The summed E-state index contributed by atoms with van der Waals surface area (Å²) >= 11 is 1.64. The highest BCUT2D eigenvalue weighted by Crippen LogP contribution is 2.12. The van der Waals surface area contributed by atoms with Crippen LogP contribution in [0.2, 0.25) is 0 Å². The summed E-state index contributed by atoms with van der Waals surface area (Å²) in [5.41, 5.74) is 2.02. The quantitative estimate of drug-likeness (QED) is 0.871. The lowest BCUT2D eigenvalue weighted by Gasteiger charge is -2.22. The number of aromatic nitrogens is 1. The molecule has 0 unspecified atom stereocenters. The van der Waals surface area contributed by atoms with E-state index in [0.29, 0.717) is 13.1 Å². The van der Waals surface area contributed by atoms with Crippen LogP contribution in [0.25, 0.3) is 0 Å². The Morgan fingerprint density at radius 2 is 2.04 bits per heavy atom. The summed E-state index contributed by atoms with van der Waals surface area (Å²) < 4.78 is 13.0. The normalized spacial score (nSPS) is 15.7. The summed E-state index contributed by atoms with van der Waals surface area (Å²) in [6.07, 6.45) is 1.86. The number of carbonyl (C=O) groups excluding carboxylic acids is 1. The Labute approximate surface area is 157 Å². The molecule has 26 heavy (non-hydrogen) atoms. The summed E-state index contributed by atoms with van der Waals surface area (Å²) in [5, 5.41) is 6.08. The van der Waals surface area contributed by atoms with Crippen molar-refractivity contribution < 1.29 is 9.18 Å². The lowest BCUT2D eigenvalue weighted by molar-refractivity contribution is 0.197. The predicted molar refractivity (Wildman–Crippen MR) is 102 cm³/mol. The van der Waals surface area contributed by atoms with E-state index in [0.717, 1.165) is 55.3 Å². The number of halogens is 1. The van der Waals surface area contributed by atoms with Gasteiger partial charge in [0.1, 0.15) is 5.82 Å². The minimum atomic E-state index is -0.210. The topological polar surface area (TPSA) is 48.5 Å². The van der Waals surface area contributed by atoms with Gasteiger partial charge in [-0.3, -0.25) is 4.90 Å². The largest absolute Gasteiger partial charge is 0.332 e. The molecule has 1 aromatic heterocycles. The zero-order valence-electron chi connectivity index (χ0n) is 15.1. The molecular weight excluding hydrogens is 351 g/mol. The maximum Gasteiger partial charge on any atom is 0.317 e. The third-order valence-electron chi connectivity index (χ3n) is 4.52. The number of hydrogen-bond donors (Lipinski definition) is 1. The summed E-state index contributed by atoms with van der Waals surface area (Å²) in [4.78, 5) is 21.1. The van der Waals surface area contributed by atoms with Crippen molar-refractivity contribution in [2.24, 2.45) is 0 Å². The Hall–Kier alpha value is -1.99. The molecule has 5 nitrogen and oxygen atoms in total. The van der Waals surface area contributed by atoms with Crippen molar-refractivity contribution in [3.8, 4) is 0 Å². The first kappa shape index (κ1) is 18.8. The molecule has 1 fully saturated rings. The van der Waals surface area contributed by atoms with E-state index in [1.54, 1.807) is 11.3 Å². The van der Waals surface area contributed by atoms with Crippen LogP contribution in [0, 0.1) is 5.82 Å². The SMILES string of the molecule is CCc1nc(CNC(=O)N2CCCN(Cc3ccc(F)cc3)CC2)cs1. The van der Waals surface area contributed by atoms with Crippen molar-refractivity contribution >= 4 is 17.4 Å². The minimum absolute atomic E-state index is 0.0281. The molecule has 0 radical (unpaired) electrons. The van der Waals surface area contributed by atoms with Gasteiger partial charge in [0.05, 0.1) is 17.2 Å². The predicted octanol–water partition coefficient (Wildman–Crippen LogP) is 3.26. The van der Waals surface area contributed by atoms with Crippen molar-refractivity contribution in [2.45, 2.75) is 32.9 Å². The molecule has 140 valence electrons. The van der Waals surface area contributed by atoms with E-state index in [1.807, 2.05) is 22.4 Å². The molecule has 2 amide bonds. The van der Waals surface area contributed by atoms with Crippen molar-refractivity contribution in [1.29, 1.82) is 0 Å². The van der Waals surface area contributed by atoms with Gasteiger partial charge in [-0.1, -0.05) is 19.1 Å². The zero-order chi connectivity index (χ0) is 18.4. The molecule has 0 aliphatic carbocycles. The maximum absolute atomic E-state index is 13.0. The Bertz CT molecular complexity index is 719. The highest BCUT2D eigenvalue weighted by molar-refractivity contribution is 7.09. The fraction of sp³-hybridized carbons (Fsp3) is 0.474. The van der Waals surface area contributed by atoms with Crippen molar-refractivity contribution in [3.05, 3.63) is 51.7 Å². The van der Waals surface area contributed by atoms with Crippen LogP contribution < -0.4 is 5.32 Å². The van der Waals surface area contributed by atoms with E-state index in [2.05, 4.69) is 22.1 Å². The monoisotopic (exact) mass is 376 g/mol. The highest BCUT2D eigenvalue weighted by Gasteiger charge is 2.19. The number of nitrogens with zero attached hydrogens (tertiary/aromatic N) is 3. The molecule has 2 aromatic rings. The molecule has 1 aliphatic heterocycles. The van der Waals surface area contributed by atoms with Gasteiger partial charge in [-0.2, -0.15) is 0 Å². The summed E-state index contributed by atoms with van der Waals surface area (Å²) in [6, 6.07) is 6.61. The number of thiazole rings is 1. The lowest BCUT2D eigenvalue weighted by atomic mass is 10.2. The van der Waals surface area contributed by atoms with E-state index in [1.165, 1.54) is 12.1 Å². The van der Waals surface area contributed by atoms with Crippen molar-refractivity contribution in [1.82, 2.24) is 20.1 Å². The Morgan fingerprint density at radius 3 is 2.77 bits per heavy atom.